The predicted molar refractivity (Wildman–Crippen MR) is 564 cm³/mol. The van der Waals surface area contributed by atoms with Crippen molar-refractivity contribution < 1.29 is 4.42 Å². The van der Waals surface area contributed by atoms with Crippen molar-refractivity contribution >= 4 is 171 Å². The number of rotatable bonds is 13. The first kappa shape index (κ1) is 79.8. The van der Waals surface area contributed by atoms with Crippen molar-refractivity contribution in [3.63, 3.8) is 0 Å². The maximum atomic E-state index is 6.38. The molecule has 9 aromatic heterocycles. The van der Waals surface area contributed by atoms with Crippen LogP contribution in [0.2, 0.25) is 0 Å². The van der Waals surface area contributed by atoms with E-state index in [-0.39, 0.29) is 0 Å². The lowest BCUT2D eigenvalue weighted by molar-refractivity contribution is 0.669. The number of hydrogen-bond acceptors (Lipinski definition) is 15. The van der Waals surface area contributed by atoms with Gasteiger partial charge in [0.05, 0.1) is 5.56 Å². The van der Waals surface area contributed by atoms with E-state index in [1.165, 1.54) is 113 Å². The summed E-state index contributed by atoms with van der Waals surface area (Å²) in [4.78, 5) is 49.3. The van der Waals surface area contributed by atoms with Crippen LogP contribution in [-0.2, 0) is 0 Å². The van der Waals surface area contributed by atoms with Gasteiger partial charge in [0.25, 0.3) is 0 Å². The van der Waals surface area contributed by atoms with Crippen LogP contribution in [0.25, 0.3) is 259 Å². The Hall–Kier alpha value is -16.4. The third kappa shape index (κ3) is 15.3. The van der Waals surface area contributed by atoms with Crippen molar-refractivity contribution in [3.05, 3.63) is 431 Å². The molecule has 0 amide bonds. The molecule has 27 aromatic rings. The number of benzene rings is 18. The van der Waals surface area contributed by atoms with Gasteiger partial charge in [0.15, 0.2) is 52.4 Å². The Morgan fingerprint density at radius 2 is 0.485 bits per heavy atom. The number of para-hydroxylation sites is 2. The molecule has 0 saturated heterocycles. The summed E-state index contributed by atoms with van der Waals surface area (Å²) in [6.45, 7) is 0. The van der Waals surface area contributed by atoms with Crippen LogP contribution in [-0.4, -0.2) is 44.9 Å². The lowest BCUT2D eigenvalue weighted by Gasteiger charge is -2.10. The van der Waals surface area contributed by atoms with Crippen LogP contribution in [0.15, 0.2) is 435 Å². The molecule has 134 heavy (non-hydrogen) atoms. The van der Waals surface area contributed by atoms with Crippen LogP contribution in [0.3, 0.4) is 0 Å². The molecule has 9 heterocycles. The van der Waals surface area contributed by atoms with Crippen molar-refractivity contribution in [2.75, 3.05) is 0 Å². The minimum atomic E-state index is 0.580. The molecule has 0 aliphatic carbocycles. The van der Waals surface area contributed by atoms with E-state index in [0.29, 0.717) is 52.4 Å². The number of fused-ring (bicyclic) bond motifs is 14. The summed E-state index contributed by atoms with van der Waals surface area (Å²) < 4.78 is 15.2. The first-order chi connectivity index (χ1) is 66.3. The van der Waals surface area contributed by atoms with Gasteiger partial charge in [0, 0.05) is 124 Å². The van der Waals surface area contributed by atoms with E-state index in [1.807, 2.05) is 70.4 Å². The molecule has 0 spiro atoms. The maximum absolute atomic E-state index is 6.38. The van der Waals surface area contributed by atoms with E-state index in [4.69, 9.17) is 49.3 Å². The van der Waals surface area contributed by atoms with E-state index in [1.54, 1.807) is 22.7 Å². The predicted octanol–water partition coefficient (Wildman–Crippen LogP) is 33.9. The molecule has 27 rings (SSSR count). The van der Waals surface area contributed by atoms with E-state index in [0.717, 1.165) is 93.9 Å². The van der Waals surface area contributed by atoms with Gasteiger partial charge in [0.2, 0.25) is 0 Å². The molecule has 0 aliphatic heterocycles. The minimum Gasteiger partial charge on any atom is -0.455 e. The number of hydrogen-bond donors (Lipinski definition) is 0. The monoisotopic (exact) mass is 1800 g/mol. The molecule has 0 unspecified atom stereocenters. The Balaban J connectivity index is 0.000000108. The number of furan rings is 1. The Kier molecular flexibility index (Phi) is 20.3. The largest absolute Gasteiger partial charge is 0.455 e. The second-order valence-corrected chi connectivity index (χ2v) is 38.4. The van der Waals surface area contributed by atoms with Crippen LogP contribution in [0.1, 0.15) is 0 Å². The summed E-state index contributed by atoms with van der Waals surface area (Å²) in [5.74, 6) is 5.81. The minimum absolute atomic E-state index is 0.580. The fraction of sp³-hybridized carbons (Fsp3) is 0. The molecular formula is C119H71N9OS5. The SMILES string of the molecule is c1ccc(-c2cccc(-c3nc(-c4ccc(-c5cc6ccccc6s5)cc4)nc(-c4ccc5sc6ccccc6c5c4)n3)c2)cc1.c1ccc2cc(-c3nc(-c4ccc(-c5cc6ccccc6s5)cc4)nc(-c4cccc5c4oc4ccccc45)n3)ccc2c1.c1ccc2cc(-c3nc(-c4ccc(-c5cc6ccccc6s5)cc4)nc(-c4cccc5c4sc4ccccc45)n3)ccc2c1. The molecule has 0 bridgehead atoms. The standard InChI is InChI=1S/C41H25N3S2.C39H23N3OS.C39H23N3S2/c1-2-9-26(10-3-1)29-12-8-13-31(23-29)40-42-39(28-19-17-27(18-20-28)38-25-30-11-4-6-15-35(30)45-38)43-41(44-40)32-21-22-37-34(24-32)33-14-5-7-16-36(33)46-37;1-2-9-27-22-29(21-16-24(27)8-1)38-40-37(26-19-17-25(18-20-26)35-23-28-10-3-6-15-34(28)44-35)41-39(42-38)32-13-7-12-31-30-11-4-5-14-33(30)43-36(31)32;1-2-9-27-22-29(21-16-24(27)8-1)38-40-37(26-19-17-25(18-20-26)35-23-28-10-3-5-14-33(28)43-35)41-39(42-38)32-13-7-12-31-30-11-4-6-15-34(30)44-36(31)32/h1-25H;2*1-23H. The summed E-state index contributed by atoms with van der Waals surface area (Å²) >= 11 is 9.03. The van der Waals surface area contributed by atoms with Crippen LogP contribution < -0.4 is 0 Å². The summed E-state index contributed by atoms with van der Waals surface area (Å²) in [6.07, 6.45) is 0. The van der Waals surface area contributed by atoms with E-state index >= 15 is 0 Å². The highest BCUT2D eigenvalue weighted by molar-refractivity contribution is 7.26. The molecular weight excluding hydrogens is 1730 g/mol. The summed E-state index contributed by atoms with van der Waals surface area (Å²) in [7, 11) is 0. The molecule has 0 aliphatic rings. The second-order valence-electron chi connectivity index (χ2n) is 33.0. The Morgan fingerprint density at radius 1 is 0.157 bits per heavy atom. The zero-order valence-corrected chi connectivity index (χ0v) is 75.5. The second kappa shape index (κ2) is 34.2. The van der Waals surface area contributed by atoms with E-state index in [2.05, 4.69) is 394 Å². The third-order valence-corrected chi connectivity index (χ3v) is 30.5. The van der Waals surface area contributed by atoms with Gasteiger partial charge in [-0.05, 0) is 169 Å². The smallest absolute Gasteiger partial charge is 0.167 e. The van der Waals surface area contributed by atoms with Gasteiger partial charge in [-0.25, -0.2) is 44.9 Å². The van der Waals surface area contributed by atoms with Crippen LogP contribution >= 0.6 is 56.7 Å². The molecule has 10 nitrogen and oxygen atoms in total. The Bertz CT molecular complexity index is 8780. The van der Waals surface area contributed by atoms with Gasteiger partial charge in [0.1, 0.15) is 11.2 Å². The van der Waals surface area contributed by atoms with Gasteiger partial charge in [-0.2, -0.15) is 0 Å². The lowest BCUT2D eigenvalue weighted by atomic mass is 10.0. The zero-order chi connectivity index (χ0) is 88.5. The van der Waals surface area contributed by atoms with Crippen molar-refractivity contribution in [3.8, 4) is 145 Å². The molecule has 18 aromatic carbocycles. The van der Waals surface area contributed by atoms with Crippen molar-refractivity contribution in [2.45, 2.75) is 0 Å². The lowest BCUT2D eigenvalue weighted by Crippen LogP contribution is -2.00. The zero-order valence-electron chi connectivity index (χ0n) is 71.5. The first-order valence-electron chi connectivity index (χ1n) is 44.2. The fourth-order valence-electron chi connectivity index (χ4n) is 17.8. The van der Waals surface area contributed by atoms with Gasteiger partial charge in [-0.1, -0.05) is 328 Å². The maximum Gasteiger partial charge on any atom is 0.167 e. The third-order valence-electron chi connectivity index (χ3n) is 24.6. The number of aromatic nitrogens is 9. The fourth-order valence-corrected chi connectivity index (χ4v) is 23.3. The Morgan fingerprint density at radius 3 is 0.993 bits per heavy atom. The number of nitrogens with zero attached hydrogens (tertiary/aromatic N) is 9. The summed E-state index contributed by atoms with van der Waals surface area (Å²) in [5, 5.41) is 15.6. The molecule has 628 valence electrons. The highest BCUT2D eigenvalue weighted by atomic mass is 32.1. The average molecular weight is 1800 g/mol. The van der Waals surface area contributed by atoms with E-state index < -0.39 is 0 Å². The molecule has 0 atom stereocenters. The van der Waals surface area contributed by atoms with Gasteiger partial charge < -0.3 is 4.42 Å². The van der Waals surface area contributed by atoms with E-state index in [9.17, 15) is 0 Å². The summed E-state index contributed by atoms with van der Waals surface area (Å²) in [5.41, 5.74) is 16.0. The highest BCUT2D eigenvalue weighted by Gasteiger charge is 2.23. The van der Waals surface area contributed by atoms with Crippen LogP contribution in [0.4, 0.5) is 0 Å². The van der Waals surface area contributed by atoms with Crippen LogP contribution in [0, 0.1) is 0 Å². The van der Waals surface area contributed by atoms with Crippen molar-refractivity contribution in [2.24, 2.45) is 0 Å². The normalized spacial score (nSPS) is 11.6. The average Bonchev–Trinajstić information content (AvgIpc) is 1.43. The number of thiophene rings is 5. The van der Waals surface area contributed by atoms with Crippen molar-refractivity contribution in [1.82, 2.24) is 44.9 Å². The van der Waals surface area contributed by atoms with Crippen LogP contribution in [0.5, 0.6) is 0 Å². The van der Waals surface area contributed by atoms with Crippen molar-refractivity contribution in [1.29, 1.82) is 0 Å². The summed E-state index contributed by atoms with van der Waals surface area (Å²) in [6, 6.07) is 151. The molecule has 0 saturated carbocycles. The Labute approximate surface area is 789 Å². The molecule has 0 radical (unpaired) electrons. The molecule has 0 fully saturated rings. The van der Waals surface area contributed by atoms with Gasteiger partial charge in [-0.3, -0.25) is 0 Å². The topological polar surface area (TPSA) is 129 Å². The van der Waals surface area contributed by atoms with Gasteiger partial charge >= 0.3 is 0 Å². The highest BCUT2D eigenvalue weighted by Crippen LogP contribution is 2.45. The first-order valence-corrected chi connectivity index (χ1v) is 48.3. The van der Waals surface area contributed by atoms with Gasteiger partial charge in [-0.15, -0.1) is 56.7 Å². The quantitative estimate of drug-likeness (QED) is 0.110. The molecule has 0 N–H and O–H groups in total. The molecule has 15 heteroatoms.